The van der Waals surface area contributed by atoms with Crippen LogP contribution in [0.1, 0.15) is 27.0 Å². The Morgan fingerprint density at radius 3 is 2.28 bits per heavy atom. The van der Waals surface area contributed by atoms with Gasteiger partial charge in [0.25, 0.3) is 5.56 Å². The van der Waals surface area contributed by atoms with Crippen molar-refractivity contribution in [1.82, 2.24) is 9.13 Å². The summed E-state index contributed by atoms with van der Waals surface area (Å²) in [5, 5.41) is 9.57. The molecule has 3 N–H and O–H groups in total. The van der Waals surface area contributed by atoms with E-state index in [1.165, 1.54) is 53.9 Å². The van der Waals surface area contributed by atoms with E-state index in [0.717, 1.165) is 22.9 Å². The molecule has 0 aliphatic carbocycles. The van der Waals surface area contributed by atoms with E-state index in [9.17, 15) is 41.8 Å². The quantitative estimate of drug-likeness (QED) is 0.471. The number of anilines is 2. The van der Waals surface area contributed by atoms with Crippen LogP contribution >= 0.6 is 11.0 Å². The minimum absolute atomic E-state index is 0.0161. The van der Waals surface area contributed by atoms with Crippen molar-refractivity contribution < 1.29 is 32.2 Å². The van der Waals surface area contributed by atoms with Gasteiger partial charge in [0.1, 0.15) is 5.56 Å². The summed E-state index contributed by atoms with van der Waals surface area (Å²) in [5.41, 5.74) is -3.19. The molecule has 0 spiro atoms. The summed E-state index contributed by atoms with van der Waals surface area (Å²) in [7, 11) is -0.449. The lowest BCUT2D eigenvalue weighted by Gasteiger charge is -2.40. The second-order valence-corrected chi connectivity index (χ2v) is 10.2. The number of alkyl halides is 3. The number of fused-ring (bicyclic) bond motifs is 1. The molecule has 14 heteroatoms. The molecule has 0 atom stereocenters. The summed E-state index contributed by atoms with van der Waals surface area (Å²) in [5.74, 6) is -1.63. The fraction of sp³-hybridized carbons (Fsp3) is 0.227. The van der Waals surface area contributed by atoms with E-state index in [2.05, 4.69) is 0 Å². The van der Waals surface area contributed by atoms with Crippen molar-refractivity contribution in [3.63, 3.8) is 0 Å². The average molecular weight is 526 g/mol. The number of rotatable bonds is 4. The maximum atomic E-state index is 13.4. The molecule has 4 rings (SSSR count). The van der Waals surface area contributed by atoms with E-state index < -0.39 is 52.0 Å². The first-order valence-electron chi connectivity index (χ1n) is 10.3. The highest BCUT2D eigenvalue weighted by Crippen LogP contribution is 2.59. The largest absolute Gasteiger partial charge is 0.477 e. The fourth-order valence-electron chi connectivity index (χ4n) is 4.03. The van der Waals surface area contributed by atoms with E-state index in [1.807, 2.05) is 0 Å². The van der Waals surface area contributed by atoms with Crippen molar-refractivity contribution in [3.8, 4) is 5.69 Å². The molecule has 2 aromatic carbocycles. The zero-order chi connectivity index (χ0) is 26.7. The second kappa shape index (κ2) is 8.43. The monoisotopic (exact) mass is 526 g/mol. The standard InChI is InChI=1S/C22H21F3N4O6S/c1-12-13(5-4-6-16(12)22(23,24)25)10-29-19(30)15(20(31)32)11-28(21(29)33)14-7-8-17-18(9-14)27(3)36(34,35)26(17)2/h4-9,11,34-35H,10H2,1-3H3,(H,31,32). The van der Waals surface area contributed by atoms with Crippen LogP contribution in [-0.2, 0) is 12.7 Å². The molecule has 36 heavy (non-hydrogen) atoms. The van der Waals surface area contributed by atoms with Crippen LogP contribution in [0.15, 0.2) is 52.2 Å². The summed E-state index contributed by atoms with van der Waals surface area (Å²) in [6.45, 7) is 0.608. The van der Waals surface area contributed by atoms with E-state index in [-0.39, 0.29) is 16.8 Å². The number of nitrogens with zero attached hydrogens (tertiary/aromatic N) is 4. The number of carboxylic acids is 1. The van der Waals surface area contributed by atoms with Crippen LogP contribution in [-0.4, -0.2) is 43.4 Å². The summed E-state index contributed by atoms with van der Waals surface area (Å²) < 4.78 is 64.6. The second-order valence-electron chi connectivity index (χ2n) is 8.14. The SMILES string of the molecule is Cc1c(Cn2c(=O)c(C(=O)O)cn(-c3ccc4c(c3)N(C)S(O)(O)N4C)c2=O)cccc1C(F)(F)F. The molecule has 0 fully saturated rings. The molecule has 2 heterocycles. The first-order chi connectivity index (χ1) is 16.7. The molecule has 3 aromatic rings. The summed E-state index contributed by atoms with van der Waals surface area (Å²) in [6, 6.07) is 7.64. The number of carboxylic acid groups (broad SMARTS) is 1. The zero-order valence-electron chi connectivity index (χ0n) is 19.1. The lowest BCUT2D eigenvalue weighted by atomic mass is 10.0. The van der Waals surface area contributed by atoms with Crippen LogP contribution in [0.3, 0.4) is 0 Å². The maximum Gasteiger partial charge on any atom is 0.416 e. The predicted octanol–water partition coefficient (Wildman–Crippen LogP) is 3.54. The number of aromatic carboxylic acids is 1. The summed E-state index contributed by atoms with van der Waals surface area (Å²) >= 11 is 0. The summed E-state index contributed by atoms with van der Waals surface area (Å²) in [4.78, 5) is 38.0. The van der Waals surface area contributed by atoms with E-state index in [1.54, 1.807) is 0 Å². The van der Waals surface area contributed by atoms with Gasteiger partial charge in [-0.2, -0.15) is 13.2 Å². The summed E-state index contributed by atoms with van der Waals surface area (Å²) in [6.07, 6.45) is -3.82. The van der Waals surface area contributed by atoms with Gasteiger partial charge in [-0.25, -0.2) is 9.59 Å². The minimum Gasteiger partial charge on any atom is -0.477 e. The first-order valence-corrected chi connectivity index (χ1v) is 11.8. The Hall–Kier alpha value is -3.75. The number of hydrogen-bond acceptors (Lipinski definition) is 7. The lowest BCUT2D eigenvalue weighted by molar-refractivity contribution is -0.138. The van der Waals surface area contributed by atoms with Gasteiger partial charge in [0.05, 0.1) is 29.2 Å². The van der Waals surface area contributed by atoms with Crippen molar-refractivity contribution in [2.24, 2.45) is 0 Å². The normalized spacial score (nSPS) is 15.7. The lowest BCUT2D eigenvalue weighted by Crippen LogP contribution is -2.42. The van der Waals surface area contributed by atoms with E-state index in [0.29, 0.717) is 15.9 Å². The van der Waals surface area contributed by atoms with Crippen LogP contribution in [0, 0.1) is 6.92 Å². The van der Waals surface area contributed by atoms with Crippen LogP contribution in [0.2, 0.25) is 0 Å². The number of carbonyl (C=O) groups is 1. The van der Waals surface area contributed by atoms with Crippen LogP contribution in [0.25, 0.3) is 5.69 Å². The molecular formula is C22H21F3N4O6S. The van der Waals surface area contributed by atoms with Gasteiger partial charge in [-0.1, -0.05) is 12.1 Å². The van der Waals surface area contributed by atoms with Gasteiger partial charge in [0.2, 0.25) is 0 Å². The average Bonchev–Trinajstić information content (AvgIpc) is 2.96. The fourth-order valence-corrected chi connectivity index (χ4v) is 5.23. The van der Waals surface area contributed by atoms with Gasteiger partial charge in [-0.05, 0) is 53.3 Å². The molecule has 0 radical (unpaired) electrons. The van der Waals surface area contributed by atoms with Gasteiger partial charge in [-0.15, -0.1) is 0 Å². The van der Waals surface area contributed by atoms with Crippen molar-refractivity contribution in [2.75, 3.05) is 22.7 Å². The maximum absolute atomic E-state index is 13.4. The van der Waals surface area contributed by atoms with Gasteiger partial charge in [0.15, 0.2) is 0 Å². The van der Waals surface area contributed by atoms with Crippen molar-refractivity contribution in [3.05, 3.63) is 85.7 Å². The highest BCUT2D eigenvalue weighted by molar-refractivity contribution is 8.26. The van der Waals surface area contributed by atoms with Gasteiger partial charge < -0.3 is 5.11 Å². The molecule has 0 bridgehead atoms. The topological polar surface area (TPSA) is 128 Å². The Morgan fingerprint density at radius 2 is 1.67 bits per heavy atom. The molecule has 192 valence electrons. The molecule has 0 saturated heterocycles. The molecule has 10 nitrogen and oxygen atoms in total. The Morgan fingerprint density at radius 1 is 1.03 bits per heavy atom. The van der Waals surface area contributed by atoms with E-state index >= 15 is 0 Å². The van der Waals surface area contributed by atoms with Crippen LogP contribution in [0.4, 0.5) is 24.5 Å². The highest BCUT2D eigenvalue weighted by atomic mass is 32.3. The van der Waals surface area contributed by atoms with Crippen molar-refractivity contribution in [1.29, 1.82) is 0 Å². The predicted molar refractivity (Wildman–Crippen MR) is 128 cm³/mol. The third-order valence-electron chi connectivity index (χ3n) is 6.13. The van der Waals surface area contributed by atoms with E-state index in [4.69, 9.17) is 0 Å². The van der Waals surface area contributed by atoms with Gasteiger partial charge in [0, 0.05) is 20.3 Å². The Kier molecular flexibility index (Phi) is 5.93. The van der Waals surface area contributed by atoms with Crippen LogP contribution < -0.4 is 19.9 Å². The molecular weight excluding hydrogens is 505 g/mol. The molecule has 0 saturated carbocycles. The third kappa shape index (κ3) is 3.92. The molecule has 0 unspecified atom stereocenters. The molecule has 1 aliphatic rings. The molecule has 0 amide bonds. The van der Waals surface area contributed by atoms with Gasteiger partial charge in [-0.3, -0.25) is 31.6 Å². The molecule has 1 aliphatic heterocycles. The zero-order valence-corrected chi connectivity index (χ0v) is 20.0. The van der Waals surface area contributed by atoms with Gasteiger partial charge >= 0.3 is 17.8 Å². The Bertz CT molecular complexity index is 1520. The van der Waals surface area contributed by atoms with Crippen molar-refractivity contribution >= 4 is 28.3 Å². The Balaban J connectivity index is 1.91. The number of benzene rings is 2. The number of aromatic nitrogens is 2. The van der Waals surface area contributed by atoms with Crippen molar-refractivity contribution in [2.45, 2.75) is 19.6 Å². The number of halogens is 3. The Labute approximate surface area is 203 Å². The molecule has 1 aromatic heterocycles. The number of hydrogen-bond donors (Lipinski definition) is 3. The first kappa shape index (κ1) is 25.3. The third-order valence-corrected chi connectivity index (χ3v) is 7.99. The highest BCUT2D eigenvalue weighted by Gasteiger charge is 2.36. The smallest absolute Gasteiger partial charge is 0.416 e. The minimum atomic E-state index is -4.66. The van der Waals surface area contributed by atoms with Crippen LogP contribution in [0.5, 0.6) is 0 Å².